The topological polar surface area (TPSA) is 166 Å². The molecule has 11 nitrogen and oxygen atoms in total. The van der Waals surface area contributed by atoms with Crippen LogP contribution in [0.3, 0.4) is 0 Å². The number of aliphatic carboxylic acids is 1. The van der Waals surface area contributed by atoms with Crippen LogP contribution in [-0.2, 0) is 38.2 Å². The van der Waals surface area contributed by atoms with Crippen molar-refractivity contribution in [3.8, 4) is 0 Å². The van der Waals surface area contributed by atoms with Crippen LogP contribution in [0, 0.1) is 5.92 Å². The number of unbranched alkanes of at least 4 members (excludes halogenated alkanes) is 26. The molecule has 0 heterocycles. The SMILES string of the molecule is CCCCCCCCCCCCCCCC(=O)OC(C)C(O)C(C(=O)O)C(OC(=O)CCCN=CCCCC=O)C(C)OC(=O)CCCCCCCCCCCCCCC. The van der Waals surface area contributed by atoms with Crippen molar-refractivity contribution in [1.29, 1.82) is 0 Å². The molecule has 2 N–H and O–H groups in total. The van der Waals surface area contributed by atoms with E-state index in [0.29, 0.717) is 45.1 Å². The Balaban J connectivity index is 5.06. The number of aliphatic imine (C=N–C) groups is 1. The van der Waals surface area contributed by atoms with E-state index in [0.717, 1.165) is 44.8 Å². The van der Waals surface area contributed by atoms with E-state index in [-0.39, 0.29) is 19.3 Å². The Morgan fingerprint density at radius 1 is 0.500 bits per heavy atom. The van der Waals surface area contributed by atoms with Crippen molar-refractivity contribution in [3.63, 3.8) is 0 Å². The number of carboxylic acid groups (broad SMARTS) is 1. The third-order valence-corrected chi connectivity index (χ3v) is 11.3. The van der Waals surface area contributed by atoms with Crippen molar-refractivity contribution in [2.45, 2.75) is 264 Å². The Morgan fingerprint density at radius 3 is 1.27 bits per heavy atom. The third-order valence-electron chi connectivity index (χ3n) is 11.3. The summed E-state index contributed by atoms with van der Waals surface area (Å²) < 4.78 is 16.8. The van der Waals surface area contributed by atoms with Crippen molar-refractivity contribution in [1.82, 2.24) is 0 Å². The molecule has 0 amide bonds. The minimum absolute atomic E-state index is 0.0755. The van der Waals surface area contributed by atoms with Gasteiger partial charge in [-0.1, -0.05) is 168 Å². The van der Waals surface area contributed by atoms with E-state index < -0.39 is 54.2 Å². The number of aldehydes is 1. The number of carbonyl (C=O) groups is 5. The zero-order chi connectivity index (χ0) is 44.5. The molecule has 0 aliphatic rings. The predicted octanol–water partition coefficient (Wildman–Crippen LogP) is 12.0. The largest absolute Gasteiger partial charge is 0.481 e. The zero-order valence-corrected chi connectivity index (χ0v) is 38.7. The van der Waals surface area contributed by atoms with Crippen LogP contribution >= 0.6 is 0 Å². The molecule has 0 radical (unpaired) electrons. The first kappa shape index (κ1) is 57.2. The number of hydrogen-bond donors (Lipinski definition) is 2. The molecule has 0 aromatic heterocycles. The molecule has 0 saturated carbocycles. The smallest absolute Gasteiger partial charge is 0.313 e. The highest BCUT2D eigenvalue weighted by molar-refractivity contribution is 5.75. The van der Waals surface area contributed by atoms with Gasteiger partial charge in [-0.2, -0.15) is 0 Å². The molecular weight excluding hydrogens is 763 g/mol. The van der Waals surface area contributed by atoms with Gasteiger partial charge < -0.3 is 29.2 Å². The van der Waals surface area contributed by atoms with Crippen LogP contribution in [-0.4, -0.2) is 77.6 Å². The van der Waals surface area contributed by atoms with Crippen LogP contribution in [0.1, 0.15) is 240 Å². The van der Waals surface area contributed by atoms with E-state index in [4.69, 9.17) is 14.2 Å². The maximum absolute atomic E-state index is 13.0. The number of ether oxygens (including phenoxy) is 3. The lowest BCUT2D eigenvalue weighted by Crippen LogP contribution is -2.51. The van der Waals surface area contributed by atoms with Crippen LogP contribution in [0.15, 0.2) is 4.99 Å². The summed E-state index contributed by atoms with van der Waals surface area (Å²) in [6.45, 7) is 7.67. The second-order valence-corrected chi connectivity index (χ2v) is 17.0. The second-order valence-electron chi connectivity index (χ2n) is 17.0. The van der Waals surface area contributed by atoms with Crippen LogP contribution in [0.5, 0.6) is 0 Å². The summed E-state index contributed by atoms with van der Waals surface area (Å²) in [5.41, 5.74) is 0. The number of nitrogens with zero attached hydrogens (tertiary/aromatic N) is 1. The van der Waals surface area contributed by atoms with E-state index in [2.05, 4.69) is 18.8 Å². The lowest BCUT2D eigenvalue weighted by molar-refractivity contribution is -0.188. The Kier molecular flexibility index (Phi) is 39.6. The van der Waals surface area contributed by atoms with E-state index in [9.17, 15) is 34.2 Å². The van der Waals surface area contributed by atoms with Crippen molar-refractivity contribution >= 4 is 36.4 Å². The molecule has 350 valence electrons. The summed E-state index contributed by atoms with van der Waals surface area (Å²) in [5.74, 6) is -5.00. The van der Waals surface area contributed by atoms with E-state index >= 15 is 0 Å². The van der Waals surface area contributed by atoms with Gasteiger partial charge in [0.1, 0.15) is 30.5 Å². The minimum atomic E-state index is -1.74. The fourth-order valence-electron chi connectivity index (χ4n) is 7.48. The van der Waals surface area contributed by atoms with Gasteiger partial charge in [-0.3, -0.25) is 24.2 Å². The zero-order valence-electron chi connectivity index (χ0n) is 38.7. The molecule has 5 atom stereocenters. The fraction of sp³-hybridized carbons (Fsp3) is 0.878. The average molecular weight is 852 g/mol. The standard InChI is InChI=1S/C49H89NO10/c1-5-7-9-11-13-15-17-19-21-23-25-27-30-35-43(52)58-41(3)47(55)46(49(56)57)48(60-45(54)37-34-39-50-38-32-29-33-40-51)42(4)59-44(53)36-31-28-26-24-22-20-18-16-14-12-10-8-6-2/h38,40-42,46-48,55H,5-37,39H2,1-4H3,(H,56,57). The maximum atomic E-state index is 13.0. The Labute approximate surface area is 365 Å². The molecule has 0 saturated heterocycles. The van der Waals surface area contributed by atoms with Gasteiger partial charge in [0.05, 0.1) is 0 Å². The lowest BCUT2D eigenvalue weighted by atomic mass is 9.89. The fourth-order valence-corrected chi connectivity index (χ4v) is 7.48. The molecule has 0 aliphatic carbocycles. The quantitative estimate of drug-likeness (QED) is 0.0198. The van der Waals surface area contributed by atoms with Crippen LogP contribution in [0.25, 0.3) is 0 Å². The lowest BCUT2D eigenvalue weighted by Gasteiger charge is -2.33. The summed E-state index contributed by atoms with van der Waals surface area (Å²) >= 11 is 0. The highest BCUT2D eigenvalue weighted by Crippen LogP contribution is 2.25. The molecule has 11 heteroatoms. The van der Waals surface area contributed by atoms with Gasteiger partial charge >= 0.3 is 23.9 Å². The van der Waals surface area contributed by atoms with Crippen molar-refractivity contribution < 1.29 is 48.4 Å². The van der Waals surface area contributed by atoms with E-state index in [1.807, 2.05) is 0 Å². The van der Waals surface area contributed by atoms with Gasteiger partial charge in [-0.25, -0.2) is 0 Å². The Hall–Kier alpha value is -2.82. The average Bonchev–Trinajstić information content (AvgIpc) is 3.21. The molecule has 60 heavy (non-hydrogen) atoms. The van der Waals surface area contributed by atoms with Crippen LogP contribution in [0.2, 0.25) is 0 Å². The molecule has 0 rings (SSSR count). The summed E-state index contributed by atoms with van der Waals surface area (Å²) in [5, 5.41) is 21.6. The Bertz CT molecular complexity index is 1100. The van der Waals surface area contributed by atoms with Gasteiger partial charge in [0.2, 0.25) is 0 Å². The Morgan fingerprint density at radius 2 is 0.867 bits per heavy atom. The molecule has 0 fully saturated rings. The molecular formula is C49H89NO10. The molecule has 0 bridgehead atoms. The second kappa shape index (κ2) is 41.5. The first-order valence-electron chi connectivity index (χ1n) is 24.5. The molecule has 0 aliphatic heterocycles. The first-order chi connectivity index (χ1) is 29.1. The molecule has 0 spiro atoms. The molecule has 5 unspecified atom stereocenters. The maximum Gasteiger partial charge on any atom is 0.313 e. The van der Waals surface area contributed by atoms with Gasteiger partial charge in [0, 0.05) is 32.2 Å². The molecule has 0 aromatic carbocycles. The van der Waals surface area contributed by atoms with Gasteiger partial charge in [0.25, 0.3) is 0 Å². The number of aliphatic hydroxyl groups excluding tert-OH is 1. The van der Waals surface area contributed by atoms with E-state index in [1.54, 1.807) is 6.21 Å². The number of esters is 3. The number of carbonyl (C=O) groups excluding carboxylic acids is 4. The first-order valence-corrected chi connectivity index (χ1v) is 24.5. The number of hydrogen-bond acceptors (Lipinski definition) is 10. The van der Waals surface area contributed by atoms with Crippen LogP contribution in [0.4, 0.5) is 0 Å². The third kappa shape index (κ3) is 33.8. The summed E-state index contributed by atoms with van der Waals surface area (Å²) in [7, 11) is 0. The number of rotatable bonds is 44. The van der Waals surface area contributed by atoms with Gasteiger partial charge in [-0.15, -0.1) is 0 Å². The van der Waals surface area contributed by atoms with Crippen molar-refractivity contribution in [3.05, 3.63) is 0 Å². The normalized spacial score (nSPS) is 14.0. The minimum Gasteiger partial charge on any atom is -0.481 e. The monoisotopic (exact) mass is 852 g/mol. The van der Waals surface area contributed by atoms with Crippen LogP contribution < -0.4 is 0 Å². The van der Waals surface area contributed by atoms with E-state index in [1.165, 1.54) is 129 Å². The predicted molar refractivity (Wildman–Crippen MR) is 241 cm³/mol. The highest BCUT2D eigenvalue weighted by atomic mass is 16.6. The highest BCUT2D eigenvalue weighted by Gasteiger charge is 2.45. The number of carboxylic acids is 1. The van der Waals surface area contributed by atoms with Gasteiger partial charge in [-0.05, 0) is 52.2 Å². The number of aliphatic hydroxyl groups is 1. The summed E-state index contributed by atoms with van der Waals surface area (Å²) in [6.07, 6.45) is 29.7. The summed E-state index contributed by atoms with van der Waals surface area (Å²) in [6, 6.07) is 0. The van der Waals surface area contributed by atoms with Crippen molar-refractivity contribution in [2.75, 3.05) is 6.54 Å². The van der Waals surface area contributed by atoms with Gasteiger partial charge in [0.15, 0.2) is 6.10 Å². The molecule has 0 aromatic rings. The summed E-state index contributed by atoms with van der Waals surface area (Å²) in [4.78, 5) is 66.1. The van der Waals surface area contributed by atoms with Crippen molar-refractivity contribution in [2.24, 2.45) is 10.9 Å².